The Balaban J connectivity index is 2.48. The Hall–Kier alpha value is -2.13. The van der Waals surface area contributed by atoms with Gasteiger partial charge in [0.05, 0.1) is 12.1 Å². The molecule has 1 saturated heterocycles. The summed E-state index contributed by atoms with van der Waals surface area (Å²) in [6.07, 6.45) is -0.426. The summed E-state index contributed by atoms with van der Waals surface area (Å²) in [7, 11) is -3.97. The molecular formula is C12H15N3O5S. The van der Waals surface area contributed by atoms with Gasteiger partial charge in [0.15, 0.2) is 0 Å². The van der Waals surface area contributed by atoms with Gasteiger partial charge in [-0.1, -0.05) is 12.1 Å². The number of sulfonamides is 1. The number of anilines is 1. The first-order valence-electron chi connectivity index (χ1n) is 6.18. The highest BCUT2D eigenvalue weighted by Gasteiger charge is 2.33. The van der Waals surface area contributed by atoms with Gasteiger partial charge >= 0.3 is 5.97 Å². The number of piperazine rings is 1. The van der Waals surface area contributed by atoms with Gasteiger partial charge in [-0.2, -0.15) is 0 Å². The fourth-order valence-electron chi connectivity index (χ4n) is 2.31. The van der Waals surface area contributed by atoms with Gasteiger partial charge in [-0.15, -0.1) is 0 Å². The number of nitrogens with one attached hydrogen (secondary N) is 1. The Kier molecular flexibility index (Phi) is 4.14. The topological polar surface area (TPSA) is 130 Å². The minimum atomic E-state index is -3.97. The smallest absolute Gasteiger partial charge is 0.305 e. The van der Waals surface area contributed by atoms with Gasteiger partial charge in [-0.25, -0.2) is 13.6 Å². The van der Waals surface area contributed by atoms with E-state index in [9.17, 15) is 18.0 Å². The maximum atomic E-state index is 11.9. The van der Waals surface area contributed by atoms with E-state index >= 15 is 0 Å². The van der Waals surface area contributed by atoms with E-state index in [4.69, 9.17) is 10.2 Å². The highest BCUT2D eigenvalue weighted by molar-refractivity contribution is 7.89. The molecule has 1 atom stereocenters. The molecule has 0 aromatic heterocycles. The van der Waals surface area contributed by atoms with Crippen LogP contribution in [0.25, 0.3) is 0 Å². The van der Waals surface area contributed by atoms with Crippen LogP contribution in [-0.2, 0) is 19.6 Å². The SMILES string of the molecule is NS(=O)(=O)c1ccccc1N1CCNC(=O)C1CC(=O)O. The second-order valence-electron chi connectivity index (χ2n) is 4.61. The van der Waals surface area contributed by atoms with E-state index in [0.717, 1.165) is 0 Å². The molecule has 0 spiro atoms. The zero-order valence-corrected chi connectivity index (χ0v) is 11.8. The Morgan fingerprint density at radius 3 is 2.71 bits per heavy atom. The van der Waals surface area contributed by atoms with Crippen LogP contribution in [0.3, 0.4) is 0 Å². The summed E-state index contributed by atoms with van der Waals surface area (Å²) in [5, 5.41) is 16.7. The number of carbonyl (C=O) groups excluding carboxylic acids is 1. The molecule has 0 aliphatic carbocycles. The quantitative estimate of drug-likeness (QED) is 0.661. The van der Waals surface area contributed by atoms with Crippen molar-refractivity contribution in [1.29, 1.82) is 0 Å². The number of carbonyl (C=O) groups is 2. The van der Waals surface area contributed by atoms with Gasteiger partial charge < -0.3 is 15.3 Å². The molecule has 114 valence electrons. The number of rotatable bonds is 4. The summed E-state index contributed by atoms with van der Waals surface area (Å²) in [6, 6.07) is 4.98. The lowest BCUT2D eigenvalue weighted by Crippen LogP contribution is -2.56. The largest absolute Gasteiger partial charge is 0.481 e. The zero-order valence-electron chi connectivity index (χ0n) is 11.0. The molecule has 8 nitrogen and oxygen atoms in total. The molecule has 1 aromatic carbocycles. The molecule has 1 aliphatic heterocycles. The molecule has 1 aliphatic rings. The van der Waals surface area contributed by atoms with Crippen LogP contribution in [0.5, 0.6) is 0 Å². The van der Waals surface area contributed by atoms with Crippen molar-refractivity contribution >= 4 is 27.6 Å². The molecule has 1 heterocycles. The highest BCUT2D eigenvalue weighted by Crippen LogP contribution is 2.27. The zero-order chi connectivity index (χ0) is 15.6. The summed E-state index contributed by atoms with van der Waals surface area (Å²) in [5.74, 6) is -1.59. The predicted molar refractivity (Wildman–Crippen MR) is 74.2 cm³/mol. The number of nitrogens with two attached hydrogens (primary N) is 1. The lowest BCUT2D eigenvalue weighted by Gasteiger charge is -2.36. The van der Waals surface area contributed by atoms with Gasteiger partial charge in [0.1, 0.15) is 10.9 Å². The van der Waals surface area contributed by atoms with Crippen LogP contribution in [0.1, 0.15) is 6.42 Å². The van der Waals surface area contributed by atoms with Crippen LogP contribution >= 0.6 is 0 Å². The van der Waals surface area contributed by atoms with Gasteiger partial charge in [-0.05, 0) is 12.1 Å². The predicted octanol–water partition coefficient (Wildman–Crippen LogP) is -0.886. The molecule has 21 heavy (non-hydrogen) atoms. The highest BCUT2D eigenvalue weighted by atomic mass is 32.2. The number of benzene rings is 1. The number of carboxylic acids is 1. The molecule has 0 bridgehead atoms. The second kappa shape index (κ2) is 5.70. The minimum Gasteiger partial charge on any atom is -0.481 e. The van der Waals surface area contributed by atoms with Gasteiger partial charge in [0.25, 0.3) is 0 Å². The molecular weight excluding hydrogens is 298 g/mol. The lowest BCUT2D eigenvalue weighted by atomic mass is 10.1. The number of primary sulfonamides is 1. The van der Waals surface area contributed by atoms with Crippen molar-refractivity contribution < 1.29 is 23.1 Å². The van der Waals surface area contributed by atoms with E-state index in [1.54, 1.807) is 6.07 Å². The number of hydrogen-bond acceptors (Lipinski definition) is 5. The number of carboxylic acid groups (broad SMARTS) is 1. The van der Waals surface area contributed by atoms with Crippen molar-refractivity contribution in [3.8, 4) is 0 Å². The molecule has 1 amide bonds. The molecule has 9 heteroatoms. The Morgan fingerprint density at radius 2 is 2.10 bits per heavy atom. The van der Waals surface area contributed by atoms with Crippen LogP contribution in [0.15, 0.2) is 29.2 Å². The Bertz CT molecular complexity index is 673. The standard InChI is InChI=1S/C12H15N3O5S/c13-21(19,20)10-4-2-1-3-8(10)15-6-5-14-12(18)9(15)7-11(16)17/h1-4,9H,5-7H2,(H,14,18)(H,16,17)(H2,13,19,20). The molecule has 0 radical (unpaired) electrons. The Morgan fingerprint density at radius 1 is 1.43 bits per heavy atom. The van der Waals surface area contributed by atoms with E-state index in [0.29, 0.717) is 13.1 Å². The van der Waals surface area contributed by atoms with Crippen molar-refractivity contribution in [1.82, 2.24) is 5.32 Å². The number of hydrogen-bond donors (Lipinski definition) is 3. The third-order valence-electron chi connectivity index (χ3n) is 3.18. The first-order chi connectivity index (χ1) is 9.80. The summed E-state index contributed by atoms with van der Waals surface area (Å²) < 4.78 is 23.3. The number of para-hydroxylation sites is 1. The van der Waals surface area contributed by atoms with Gasteiger partial charge in [-0.3, -0.25) is 9.59 Å². The van der Waals surface area contributed by atoms with E-state index < -0.39 is 34.4 Å². The second-order valence-corrected chi connectivity index (χ2v) is 6.14. The van der Waals surface area contributed by atoms with E-state index in [1.807, 2.05) is 0 Å². The lowest BCUT2D eigenvalue weighted by molar-refractivity contribution is -0.139. The van der Waals surface area contributed by atoms with Crippen molar-refractivity contribution in [3.05, 3.63) is 24.3 Å². The van der Waals surface area contributed by atoms with Crippen molar-refractivity contribution in [2.24, 2.45) is 5.14 Å². The van der Waals surface area contributed by atoms with Crippen LogP contribution in [-0.4, -0.2) is 44.5 Å². The van der Waals surface area contributed by atoms with Crippen molar-refractivity contribution in [3.63, 3.8) is 0 Å². The molecule has 4 N–H and O–H groups in total. The normalized spacial score (nSPS) is 19.2. The average Bonchev–Trinajstić information content (AvgIpc) is 2.40. The minimum absolute atomic E-state index is 0.130. The number of nitrogens with zero attached hydrogens (tertiary/aromatic N) is 1. The molecule has 1 fully saturated rings. The monoisotopic (exact) mass is 313 g/mol. The first-order valence-corrected chi connectivity index (χ1v) is 7.73. The third-order valence-corrected chi connectivity index (χ3v) is 4.14. The number of aliphatic carboxylic acids is 1. The first kappa shape index (κ1) is 15.3. The average molecular weight is 313 g/mol. The van der Waals surface area contributed by atoms with Crippen LogP contribution in [0.4, 0.5) is 5.69 Å². The maximum absolute atomic E-state index is 11.9. The van der Waals surface area contributed by atoms with Gasteiger partial charge in [0, 0.05) is 13.1 Å². The van der Waals surface area contributed by atoms with E-state index in [-0.39, 0.29) is 10.6 Å². The van der Waals surface area contributed by atoms with E-state index in [1.165, 1.54) is 23.1 Å². The maximum Gasteiger partial charge on any atom is 0.305 e. The fourth-order valence-corrected chi connectivity index (χ4v) is 3.05. The summed E-state index contributed by atoms with van der Waals surface area (Å²) in [4.78, 5) is 24.1. The van der Waals surface area contributed by atoms with Crippen LogP contribution < -0.4 is 15.4 Å². The van der Waals surface area contributed by atoms with Crippen LogP contribution in [0.2, 0.25) is 0 Å². The molecule has 0 saturated carbocycles. The summed E-state index contributed by atoms with van der Waals surface area (Å²) >= 11 is 0. The summed E-state index contributed by atoms with van der Waals surface area (Å²) in [6.45, 7) is 0.601. The van der Waals surface area contributed by atoms with E-state index in [2.05, 4.69) is 5.32 Å². The molecule has 1 unspecified atom stereocenters. The van der Waals surface area contributed by atoms with Crippen LogP contribution in [0, 0.1) is 0 Å². The van der Waals surface area contributed by atoms with Crippen molar-refractivity contribution in [2.75, 3.05) is 18.0 Å². The molecule has 1 aromatic rings. The summed E-state index contributed by atoms with van der Waals surface area (Å²) in [5.41, 5.74) is 0.237. The Labute approximate surface area is 121 Å². The van der Waals surface area contributed by atoms with Gasteiger partial charge in [0.2, 0.25) is 15.9 Å². The molecule has 2 rings (SSSR count). The fraction of sp³-hybridized carbons (Fsp3) is 0.333. The van der Waals surface area contributed by atoms with Crippen molar-refractivity contribution in [2.45, 2.75) is 17.4 Å². The number of amides is 1. The third kappa shape index (κ3) is 3.31.